The molecule has 0 atom stereocenters. The lowest BCUT2D eigenvalue weighted by molar-refractivity contribution is -0.0898. The van der Waals surface area contributed by atoms with Crippen molar-refractivity contribution in [2.75, 3.05) is 36.3 Å². The molecule has 0 saturated heterocycles. The van der Waals surface area contributed by atoms with Crippen LogP contribution in [0.2, 0.25) is 0 Å². The maximum absolute atomic E-state index is 12.4. The molecule has 0 radical (unpaired) electrons. The van der Waals surface area contributed by atoms with E-state index < -0.39 is 23.4 Å². The van der Waals surface area contributed by atoms with Gasteiger partial charge in [0.05, 0.1) is 16.8 Å². The molecule has 0 aliphatic rings. The van der Waals surface area contributed by atoms with Crippen LogP contribution in [-0.4, -0.2) is 55.3 Å². The van der Waals surface area contributed by atoms with Gasteiger partial charge in [0.25, 0.3) is 0 Å². The van der Waals surface area contributed by atoms with Gasteiger partial charge in [0.1, 0.15) is 6.73 Å². The quantitative estimate of drug-likeness (QED) is 0.107. The third-order valence-electron chi connectivity index (χ3n) is 6.58. The first-order valence-corrected chi connectivity index (χ1v) is 16.0. The second-order valence-electron chi connectivity index (χ2n) is 14.2. The van der Waals surface area contributed by atoms with Gasteiger partial charge in [-0.05, 0) is 115 Å². The third kappa shape index (κ3) is 17.2. The summed E-state index contributed by atoms with van der Waals surface area (Å²) in [6, 6.07) is 22.0. The van der Waals surface area contributed by atoms with E-state index in [0.29, 0.717) is 17.1 Å². The van der Waals surface area contributed by atoms with Crippen molar-refractivity contribution >= 4 is 35.3 Å². The molecule has 0 aliphatic heterocycles. The Balaban J connectivity index is 0.00000650. The van der Waals surface area contributed by atoms with Crippen molar-refractivity contribution in [3.05, 3.63) is 89.5 Å². The summed E-state index contributed by atoms with van der Waals surface area (Å²) in [7, 11) is 0. The number of nitrogens with one attached hydrogen (secondary N) is 4. The molecule has 0 aliphatic carbocycles. The minimum atomic E-state index is -0.628. The van der Waals surface area contributed by atoms with Crippen molar-refractivity contribution in [3.8, 4) is 0 Å². The first-order valence-electron chi connectivity index (χ1n) is 16.0. The molecule has 3 aromatic carbocycles. The third-order valence-corrected chi connectivity index (χ3v) is 6.58. The number of carbonyl (C=O) groups excluding carboxylic acids is 3. The Bertz CT molecular complexity index is 1320. The summed E-state index contributed by atoms with van der Waals surface area (Å²) in [5.74, 6) is -0.231. The lowest BCUT2D eigenvalue weighted by atomic mass is 9.85. The molecule has 12 heteroatoms. The van der Waals surface area contributed by atoms with Gasteiger partial charge in [-0.2, -0.15) is 0 Å². The molecule has 4 amide bonds. The second-order valence-corrected chi connectivity index (χ2v) is 14.2. The molecule has 3 rings (SSSR count). The Kier molecular flexibility index (Phi) is 17.1. The molecule has 12 nitrogen and oxygen atoms in total. The number of amides is 4. The molecule has 51 heavy (non-hydrogen) atoms. The Morgan fingerprint density at radius 1 is 0.510 bits per heavy atom. The van der Waals surface area contributed by atoms with Crippen LogP contribution in [0.4, 0.5) is 31.4 Å². The van der Waals surface area contributed by atoms with E-state index in [1.54, 1.807) is 24.3 Å². The Hall–Kier alpha value is -4.65. The molecule has 282 valence electrons. The predicted molar refractivity (Wildman–Crippen MR) is 203 cm³/mol. The zero-order valence-electron chi connectivity index (χ0n) is 29.9. The van der Waals surface area contributed by atoms with Crippen molar-refractivity contribution in [1.29, 1.82) is 0 Å². The van der Waals surface area contributed by atoms with E-state index in [4.69, 9.17) is 23.7 Å². The molecule has 3 aromatic rings. The Morgan fingerprint density at radius 2 is 0.824 bits per heavy atom. The standard InChI is InChI=1S/C37H50N4O8.2CH4/c1-35(2,3)47-22-38-32(42)39-28-16-10-25(11-17-28)31(26-12-18-29(19-13-26)40-33(43)45-23-48-36(4,5)6)27-14-20-30(21-15-27)41-34(44)46-24-49-37(7,8)9;;/h10-21,31H,22-24H2,1-9H3,(H,40,43)(H,41,44)(H2,38,39,42);2*1H4. The molecular formula is C39H58N4O8. The number of hydrogen-bond acceptors (Lipinski definition) is 8. The van der Waals surface area contributed by atoms with E-state index in [9.17, 15) is 14.4 Å². The number of urea groups is 1. The molecule has 0 fully saturated rings. The van der Waals surface area contributed by atoms with Crippen LogP contribution < -0.4 is 21.3 Å². The van der Waals surface area contributed by atoms with Gasteiger partial charge in [-0.15, -0.1) is 0 Å². The number of carbonyl (C=O) groups is 3. The van der Waals surface area contributed by atoms with E-state index in [-0.39, 0.29) is 52.7 Å². The van der Waals surface area contributed by atoms with E-state index in [2.05, 4.69) is 21.3 Å². The van der Waals surface area contributed by atoms with Crippen LogP contribution in [-0.2, 0) is 23.7 Å². The van der Waals surface area contributed by atoms with Crippen molar-refractivity contribution in [2.45, 2.75) is 99.9 Å². The smallest absolute Gasteiger partial charge is 0.413 e. The predicted octanol–water partition coefficient (Wildman–Crippen LogP) is 9.68. The minimum Gasteiger partial charge on any atom is -0.422 e. The highest BCUT2D eigenvalue weighted by molar-refractivity contribution is 5.89. The van der Waals surface area contributed by atoms with Gasteiger partial charge >= 0.3 is 18.2 Å². The van der Waals surface area contributed by atoms with E-state index in [0.717, 1.165) is 16.7 Å². The van der Waals surface area contributed by atoms with Crippen LogP contribution in [0.15, 0.2) is 72.8 Å². The number of hydrogen-bond donors (Lipinski definition) is 4. The maximum Gasteiger partial charge on any atom is 0.413 e. The largest absolute Gasteiger partial charge is 0.422 e. The normalized spacial score (nSPS) is 11.4. The summed E-state index contributed by atoms with van der Waals surface area (Å²) >= 11 is 0. The average molecular weight is 711 g/mol. The van der Waals surface area contributed by atoms with Gasteiger partial charge in [0, 0.05) is 23.0 Å². The number of rotatable bonds is 12. The van der Waals surface area contributed by atoms with Crippen LogP contribution in [0.25, 0.3) is 0 Å². The zero-order chi connectivity index (χ0) is 36.2. The van der Waals surface area contributed by atoms with Crippen LogP contribution in [0.1, 0.15) is 99.8 Å². The highest BCUT2D eigenvalue weighted by atomic mass is 16.7. The van der Waals surface area contributed by atoms with Crippen LogP contribution in [0.3, 0.4) is 0 Å². The first-order chi connectivity index (χ1) is 22.9. The lowest BCUT2D eigenvalue weighted by Crippen LogP contribution is -2.34. The SMILES string of the molecule is C.C.CC(C)(C)OCNC(=O)Nc1ccc(C(c2ccc(NC(=O)OCOC(C)(C)C)cc2)c2ccc(NC(=O)OCOC(C)(C)C)cc2)cc1. The van der Waals surface area contributed by atoms with Gasteiger partial charge in [-0.1, -0.05) is 51.3 Å². The summed E-state index contributed by atoms with van der Waals surface area (Å²) < 4.78 is 26.7. The number of benzene rings is 3. The summed E-state index contributed by atoms with van der Waals surface area (Å²) in [4.78, 5) is 36.9. The van der Waals surface area contributed by atoms with E-state index >= 15 is 0 Å². The van der Waals surface area contributed by atoms with E-state index in [1.807, 2.05) is 111 Å². The molecule has 0 spiro atoms. The maximum atomic E-state index is 12.4. The lowest BCUT2D eigenvalue weighted by Gasteiger charge is -2.21. The monoisotopic (exact) mass is 710 g/mol. The van der Waals surface area contributed by atoms with Crippen molar-refractivity contribution in [2.24, 2.45) is 0 Å². The van der Waals surface area contributed by atoms with Crippen molar-refractivity contribution < 1.29 is 38.1 Å². The van der Waals surface area contributed by atoms with Gasteiger partial charge in [-0.3, -0.25) is 10.6 Å². The fourth-order valence-corrected chi connectivity index (χ4v) is 4.17. The number of ether oxygens (including phenoxy) is 5. The molecule has 0 unspecified atom stereocenters. The summed E-state index contributed by atoms with van der Waals surface area (Å²) in [5.41, 5.74) is 3.30. The highest BCUT2D eigenvalue weighted by Crippen LogP contribution is 2.34. The summed E-state index contributed by atoms with van der Waals surface area (Å²) in [5, 5.41) is 10.9. The van der Waals surface area contributed by atoms with Gasteiger partial charge < -0.3 is 34.3 Å². The van der Waals surface area contributed by atoms with Crippen LogP contribution in [0, 0.1) is 0 Å². The van der Waals surface area contributed by atoms with Gasteiger partial charge in [-0.25, -0.2) is 14.4 Å². The number of anilines is 3. The molecular weight excluding hydrogens is 652 g/mol. The Morgan fingerprint density at radius 3 is 1.14 bits per heavy atom. The minimum absolute atomic E-state index is 0. The molecule has 0 heterocycles. The topological polar surface area (TPSA) is 145 Å². The van der Waals surface area contributed by atoms with Gasteiger partial charge in [0.15, 0.2) is 13.6 Å². The second kappa shape index (κ2) is 19.7. The van der Waals surface area contributed by atoms with Crippen molar-refractivity contribution in [3.63, 3.8) is 0 Å². The molecule has 0 saturated carbocycles. The molecule has 4 N–H and O–H groups in total. The van der Waals surface area contributed by atoms with Crippen molar-refractivity contribution in [1.82, 2.24) is 5.32 Å². The highest BCUT2D eigenvalue weighted by Gasteiger charge is 2.19. The fourth-order valence-electron chi connectivity index (χ4n) is 4.17. The Labute approximate surface area is 303 Å². The fraction of sp³-hybridized carbons (Fsp3) is 0.462. The first kappa shape index (κ1) is 44.4. The van der Waals surface area contributed by atoms with Gasteiger partial charge in [0.2, 0.25) is 0 Å². The molecule has 0 bridgehead atoms. The van der Waals surface area contributed by atoms with E-state index in [1.165, 1.54) is 0 Å². The molecule has 0 aromatic heterocycles. The average Bonchev–Trinajstić information content (AvgIpc) is 2.98. The summed E-state index contributed by atoms with van der Waals surface area (Å²) in [6.45, 7) is 16.7. The van der Waals surface area contributed by atoms with Crippen LogP contribution >= 0.6 is 0 Å². The van der Waals surface area contributed by atoms with Crippen LogP contribution in [0.5, 0.6) is 0 Å². The zero-order valence-corrected chi connectivity index (χ0v) is 29.9. The summed E-state index contributed by atoms with van der Waals surface area (Å²) in [6.07, 6.45) is -1.26.